The Morgan fingerprint density at radius 2 is 1.72 bits per heavy atom. The Balaban J connectivity index is 0.962. The van der Waals surface area contributed by atoms with Crippen LogP contribution in [0, 0.1) is 23.7 Å². The van der Waals surface area contributed by atoms with Crippen molar-refractivity contribution in [2.45, 2.75) is 70.4 Å². The van der Waals surface area contributed by atoms with Crippen molar-refractivity contribution in [2.24, 2.45) is 23.7 Å². The second-order valence-electron chi connectivity index (χ2n) is 13.3. The van der Waals surface area contributed by atoms with Gasteiger partial charge in [0.1, 0.15) is 5.75 Å². The highest BCUT2D eigenvalue weighted by Crippen LogP contribution is 2.60. The predicted octanol–water partition coefficient (Wildman–Crippen LogP) is 5.74. The molecule has 6 fully saturated rings. The summed E-state index contributed by atoms with van der Waals surface area (Å²) in [6, 6.07) is 17.8. The summed E-state index contributed by atoms with van der Waals surface area (Å²) < 4.78 is 19.5. The lowest BCUT2D eigenvalue weighted by atomic mass is 9.58. The lowest BCUT2D eigenvalue weighted by Crippen LogP contribution is -2.70. The van der Waals surface area contributed by atoms with Crippen molar-refractivity contribution >= 4 is 12.0 Å². The highest BCUT2D eigenvalue weighted by atomic mass is 17.3. The molecule has 2 aromatic rings. The third-order valence-corrected chi connectivity index (χ3v) is 10.6. The number of benzene rings is 2. The standard InChI is InChI=1S/C35H44N2O6/c1-24-11-16-30-25(2)32(40-33-35(30)29(24)17-18-34(3,41-33)42-43-35)39-28-14-12-27(13-15-28)31(38)37-22-20-36(21-23-37)19-7-10-26-8-5-4-6-9-26/h4-10,12-15,24-25,29-30,32-33H,11,16-23H2,1-3H3/b10-7+/t24-,25-,29+,30+,32+,33-,34-,35-/m1/s1. The maximum absolute atomic E-state index is 13.3. The summed E-state index contributed by atoms with van der Waals surface area (Å²) in [7, 11) is 0. The first-order valence-electron chi connectivity index (χ1n) is 16.0. The first-order valence-corrected chi connectivity index (χ1v) is 16.0. The third kappa shape index (κ3) is 5.42. The molecule has 5 saturated heterocycles. The highest BCUT2D eigenvalue weighted by Gasteiger charge is 2.69. The molecule has 1 amide bonds. The molecular formula is C35H44N2O6. The molecule has 0 N–H and O–H groups in total. The van der Waals surface area contributed by atoms with Gasteiger partial charge in [-0.25, -0.2) is 9.78 Å². The molecule has 8 atom stereocenters. The summed E-state index contributed by atoms with van der Waals surface area (Å²) in [6.07, 6.45) is 7.29. The van der Waals surface area contributed by atoms with Gasteiger partial charge in [-0.3, -0.25) is 9.69 Å². The summed E-state index contributed by atoms with van der Waals surface area (Å²) in [6.45, 7) is 10.5. The molecule has 1 aliphatic carbocycles. The van der Waals surface area contributed by atoms with Crippen LogP contribution in [0.25, 0.3) is 6.08 Å². The summed E-state index contributed by atoms with van der Waals surface area (Å²) in [5.41, 5.74) is 1.27. The molecule has 8 nitrogen and oxygen atoms in total. The van der Waals surface area contributed by atoms with Crippen LogP contribution in [0.2, 0.25) is 0 Å². The van der Waals surface area contributed by atoms with E-state index in [1.807, 2.05) is 54.3 Å². The fourth-order valence-electron chi connectivity index (χ4n) is 8.03. The second-order valence-corrected chi connectivity index (χ2v) is 13.3. The lowest BCUT2D eigenvalue weighted by molar-refractivity contribution is -0.575. The van der Waals surface area contributed by atoms with E-state index in [0.717, 1.165) is 58.4 Å². The average Bonchev–Trinajstić information content (AvgIpc) is 3.26. The van der Waals surface area contributed by atoms with Crippen molar-refractivity contribution in [3.8, 4) is 5.75 Å². The fourth-order valence-corrected chi connectivity index (χ4v) is 8.03. The largest absolute Gasteiger partial charge is 0.465 e. The van der Waals surface area contributed by atoms with E-state index < -0.39 is 24.0 Å². The molecule has 43 heavy (non-hydrogen) atoms. The van der Waals surface area contributed by atoms with E-state index in [4.69, 9.17) is 24.0 Å². The van der Waals surface area contributed by atoms with Gasteiger partial charge in [-0.2, -0.15) is 0 Å². The van der Waals surface area contributed by atoms with Crippen LogP contribution in [-0.4, -0.2) is 72.4 Å². The summed E-state index contributed by atoms with van der Waals surface area (Å²) in [5.74, 6) is 1.06. The number of ether oxygens (including phenoxy) is 3. The number of rotatable bonds is 6. The first kappa shape index (κ1) is 29.0. The Kier molecular flexibility index (Phi) is 7.84. The second kappa shape index (κ2) is 11.6. The van der Waals surface area contributed by atoms with Gasteiger partial charge in [-0.1, -0.05) is 56.3 Å². The average molecular weight is 589 g/mol. The maximum atomic E-state index is 13.3. The van der Waals surface area contributed by atoms with Crippen molar-refractivity contribution in [3.05, 3.63) is 71.8 Å². The SMILES string of the molecule is C[C@H]1[C@@H](Oc2ccc(C(=O)N3CCN(C/C=C/c4ccccc4)CC3)cc2)O[C@@H]2O[C@@]3(C)CC[C@H]4[C@H](C)CC[C@@H]1[C@@]24OO3. The van der Waals surface area contributed by atoms with Crippen LogP contribution < -0.4 is 4.74 Å². The molecule has 2 bridgehead atoms. The number of fused-ring (bicyclic) bond motifs is 2. The number of nitrogens with zero attached hydrogens (tertiary/aromatic N) is 2. The van der Waals surface area contributed by atoms with Gasteiger partial charge in [0, 0.05) is 56.5 Å². The van der Waals surface area contributed by atoms with Crippen LogP contribution >= 0.6 is 0 Å². The minimum Gasteiger partial charge on any atom is -0.465 e. The van der Waals surface area contributed by atoms with Gasteiger partial charge in [0.05, 0.1) is 0 Å². The van der Waals surface area contributed by atoms with E-state index in [1.54, 1.807) is 0 Å². The molecule has 6 aliphatic rings. The lowest BCUT2D eigenvalue weighted by Gasteiger charge is -2.60. The van der Waals surface area contributed by atoms with E-state index in [1.165, 1.54) is 5.56 Å². The van der Waals surface area contributed by atoms with Gasteiger partial charge in [0.15, 0.2) is 11.9 Å². The van der Waals surface area contributed by atoms with Gasteiger partial charge in [-0.15, -0.1) is 0 Å². The molecule has 5 heterocycles. The minimum atomic E-state index is -0.811. The molecule has 0 aromatic heterocycles. The Bertz CT molecular complexity index is 1310. The van der Waals surface area contributed by atoms with Crippen LogP contribution in [0.1, 0.15) is 62.4 Å². The van der Waals surface area contributed by atoms with Crippen LogP contribution in [0.5, 0.6) is 5.75 Å². The number of amides is 1. The summed E-state index contributed by atoms with van der Waals surface area (Å²) in [4.78, 5) is 29.8. The molecule has 1 spiro atoms. The van der Waals surface area contributed by atoms with E-state index in [2.05, 4.69) is 43.0 Å². The van der Waals surface area contributed by atoms with E-state index in [-0.39, 0.29) is 17.7 Å². The first-order chi connectivity index (χ1) is 20.8. The molecule has 0 radical (unpaired) electrons. The van der Waals surface area contributed by atoms with Crippen molar-refractivity contribution in [3.63, 3.8) is 0 Å². The monoisotopic (exact) mass is 588 g/mol. The Morgan fingerprint density at radius 3 is 2.49 bits per heavy atom. The van der Waals surface area contributed by atoms with Crippen LogP contribution in [0.4, 0.5) is 0 Å². The molecule has 8 heteroatoms. The van der Waals surface area contributed by atoms with Crippen molar-refractivity contribution < 1.29 is 28.8 Å². The van der Waals surface area contributed by atoms with Crippen LogP contribution in [-0.2, 0) is 19.2 Å². The number of carbonyl (C=O) groups is 1. The molecular weight excluding hydrogens is 544 g/mol. The fraction of sp³-hybridized carbons (Fsp3) is 0.571. The Labute approximate surface area is 254 Å². The zero-order chi connectivity index (χ0) is 29.6. The summed E-state index contributed by atoms with van der Waals surface area (Å²) >= 11 is 0. The van der Waals surface area contributed by atoms with Gasteiger partial charge in [0.2, 0.25) is 12.1 Å². The quantitative estimate of drug-likeness (QED) is 0.399. The predicted molar refractivity (Wildman–Crippen MR) is 162 cm³/mol. The normalized spacial score (nSPS) is 37.6. The molecule has 0 unspecified atom stereocenters. The smallest absolute Gasteiger partial charge is 0.253 e. The van der Waals surface area contributed by atoms with E-state index in [9.17, 15) is 4.79 Å². The number of hydrogen-bond acceptors (Lipinski definition) is 7. The minimum absolute atomic E-state index is 0.0610. The summed E-state index contributed by atoms with van der Waals surface area (Å²) in [5, 5.41) is 0. The zero-order valence-electron chi connectivity index (χ0n) is 25.5. The Morgan fingerprint density at radius 1 is 0.953 bits per heavy atom. The maximum Gasteiger partial charge on any atom is 0.253 e. The van der Waals surface area contributed by atoms with E-state index in [0.29, 0.717) is 23.1 Å². The molecule has 8 rings (SSSR count). The number of piperazine rings is 1. The number of carbonyl (C=O) groups excluding carboxylic acids is 1. The molecule has 5 aliphatic heterocycles. The van der Waals surface area contributed by atoms with Crippen molar-refractivity contribution in [1.82, 2.24) is 9.80 Å². The molecule has 230 valence electrons. The number of hydrogen-bond donors (Lipinski definition) is 0. The van der Waals surface area contributed by atoms with Gasteiger partial charge in [-0.05, 0) is 67.9 Å². The van der Waals surface area contributed by atoms with Gasteiger partial charge < -0.3 is 19.1 Å². The highest BCUT2D eigenvalue weighted by molar-refractivity contribution is 5.94. The van der Waals surface area contributed by atoms with Gasteiger partial charge in [0.25, 0.3) is 5.91 Å². The van der Waals surface area contributed by atoms with Crippen LogP contribution in [0.15, 0.2) is 60.7 Å². The van der Waals surface area contributed by atoms with Crippen LogP contribution in [0.3, 0.4) is 0 Å². The Hall–Kier alpha value is -2.75. The van der Waals surface area contributed by atoms with E-state index >= 15 is 0 Å². The van der Waals surface area contributed by atoms with Gasteiger partial charge >= 0.3 is 0 Å². The van der Waals surface area contributed by atoms with Crippen molar-refractivity contribution in [2.75, 3.05) is 32.7 Å². The molecule has 1 saturated carbocycles. The molecule has 2 aromatic carbocycles. The topological polar surface area (TPSA) is 69.7 Å². The van der Waals surface area contributed by atoms with Crippen molar-refractivity contribution in [1.29, 1.82) is 0 Å². The zero-order valence-corrected chi connectivity index (χ0v) is 25.5. The third-order valence-electron chi connectivity index (χ3n) is 10.6.